The zero-order valence-corrected chi connectivity index (χ0v) is 15.0. The Morgan fingerprint density at radius 3 is 2.85 bits per heavy atom. The van der Waals surface area contributed by atoms with Gasteiger partial charge in [0, 0.05) is 30.8 Å². The van der Waals surface area contributed by atoms with Crippen molar-refractivity contribution in [1.29, 1.82) is 0 Å². The number of hydrogen-bond donors (Lipinski definition) is 3. The molecule has 0 fully saturated rings. The van der Waals surface area contributed by atoms with Gasteiger partial charge < -0.3 is 15.7 Å². The van der Waals surface area contributed by atoms with Crippen molar-refractivity contribution >= 4 is 39.7 Å². The summed E-state index contributed by atoms with van der Waals surface area (Å²) in [5.41, 5.74) is 1.43. The van der Waals surface area contributed by atoms with E-state index >= 15 is 0 Å². The Morgan fingerprint density at radius 2 is 2.19 bits per heavy atom. The van der Waals surface area contributed by atoms with E-state index in [4.69, 9.17) is 0 Å². The quantitative estimate of drug-likeness (QED) is 0.533. The van der Waals surface area contributed by atoms with E-state index in [2.05, 4.69) is 27.2 Å². The van der Waals surface area contributed by atoms with Gasteiger partial charge in [-0.25, -0.2) is 9.97 Å². The van der Waals surface area contributed by atoms with E-state index in [0.29, 0.717) is 52.0 Å². The normalized spacial score (nSPS) is 13.1. The third-order valence-corrected chi connectivity index (χ3v) is 4.84. The molecule has 0 aromatic carbocycles. The van der Waals surface area contributed by atoms with Crippen molar-refractivity contribution in [2.24, 2.45) is 0 Å². The first kappa shape index (κ1) is 17.8. The van der Waals surface area contributed by atoms with Crippen LogP contribution in [0.4, 0.5) is 10.9 Å². The smallest absolute Gasteiger partial charge is 0.223 e. The number of aliphatic hydroxyl groups excluding tert-OH is 1. The number of ketones is 1. The van der Waals surface area contributed by atoms with Gasteiger partial charge in [0.25, 0.3) is 0 Å². The Hall–Kier alpha value is -3.00. The second-order valence-corrected chi connectivity index (χ2v) is 6.73. The highest BCUT2D eigenvalue weighted by Gasteiger charge is 2.27. The van der Waals surface area contributed by atoms with Crippen molar-refractivity contribution in [2.75, 3.05) is 17.2 Å². The van der Waals surface area contributed by atoms with Crippen LogP contribution in [0.3, 0.4) is 0 Å². The number of aryl methyl sites for hydroxylation is 1. The summed E-state index contributed by atoms with van der Waals surface area (Å²) in [6, 6.07) is 3.39. The van der Waals surface area contributed by atoms with Crippen molar-refractivity contribution in [3.63, 3.8) is 0 Å². The van der Waals surface area contributed by atoms with E-state index in [1.54, 1.807) is 18.2 Å². The van der Waals surface area contributed by atoms with Crippen LogP contribution in [0.5, 0.6) is 0 Å². The number of nitrogens with zero attached hydrogens (tertiary/aromatic N) is 2. The Morgan fingerprint density at radius 1 is 1.38 bits per heavy atom. The molecule has 2 aromatic heterocycles. The molecule has 3 N–H and O–H groups in total. The summed E-state index contributed by atoms with van der Waals surface area (Å²) in [6.45, 7) is 5.60. The molecule has 0 atom stereocenters. The van der Waals surface area contributed by atoms with Gasteiger partial charge >= 0.3 is 0 Å². The number of carbonyl (C=O) groups is 2. The summed E-state index contributed by atoms with van der Waals surface area (Å²) in [4.78, 5) is 32.9. The van der Waals surface area contributed by atoms with Gasteiger partial charge in [-0.3, -0.25) is 9.59 Å². The first-order valence-corrected chi connectivity index (χ1v) is 8.86. The minimum absolute atomic E-state index is 0.0702. The Labute approximate surface area is 154 Å². The highest BCUT2D eigenvalue weighted by molar-refractivity contribution is 7.16. The number of hydrogen-bond acceptors (Lipinski definition) is 7. The number of pyridine rings is 1. The molecule has 0 unspecified atom stereocenters. The van der Waals surface area contributed by atoms with Crippen LogP contribution in [0, 0.1) is 0 Å². The lowest BCUT2D eigenvalue weighted by molar-refractivity contribution is -0.114. The lowest BCUT2D eigenvalue weighted by Gasteiger charge is -2.14. The van der Waals surface area contributed by atoms with Gasteiger partial charge in [-0.1, -0.05) is 17.4 Å². The average molecular weight is 370 g/mol. The van der Waals surface area contributed by atoms with E-state index < -0.39 is 0 Å². The van der Waals surface area contributed by atoms with Gasteiger partial charge in [0.2, 0.25) is 5.91 Å². The summed E-state index contributed by atoms with van der Waals surface area (Å²) in [7, 11) is 0. The molecule has 0 saturated carbocycles. The van der Waals surface area contributed by atoms with Gasteiger partial charge in [0.15, 0.2) is 10.9 Å². The molecule has 0 radical (unpaired) electrons. The predicted molar refractivity (Wildman–Crippen MR) is 102 cm³/mol. The second-order valence-electron chi connectivity index (χ2n) is 5.73. The topological polar surface area (TPSA) is 104 Å². The molecule has 0 bridgehead atoms. The van der Waals surface area contributed by atoms with Crippen molar-refractivity contribution in [3.8, 4) is 0 Å². The molecule has 26 heavy (non-hydrogen) atoms. The zero-order chi connectivity index (χ0) is 18.7. The summed E-state index contributed by atoms with van der Waals surface area (Å²) >= 11 is 1.16. The van der Waals surface area contributed by atoms with Gasteiger partial charge in [-0.15, -0.1) is 6.58 Å². The predicted octanol–water partition coefficient (Wildman–Crippen LogP) is 3.19. The van der Waals surface area contributed by atoms with E-state index in [1.165, 1.54) is 13.1 Å². The Balaban J connectivity index is 1.85. The Kier molecular flexibility index (Phi) is 5.13. The van der Waals surface area contributed by atoms with Crippen LogP contribution in [0.1, 0.15) is 34.3 Å². The molecule has 0 spiro atoms. The number of allylic oxidation sites excluding steroid dienone is 1. The van der Waals surface area contributed by atoms with Crippen LogP contribution in [0.2, 0.25) is 0 Å². The minimum Gasteiger partial charge on any atom is -0.506 e. The van der Waals surface area contributed by atoms with Gasteiger partial charge in [0.05, 0.1) is 10.6 Å². The number of fused-ring (bicyclic) bond motifs is 1. The van der Waals surface area contributed by atoms with Crippen LogP contribution in [-0.4, -0.2) is 33.3 Å². The lowest BCUT2D eigenvalue weighted by Crippen LogP contribution is -2.12. The first-order valence-electron chi connectivity index (χ1n) is 8.05. The van der Waals surface area contributed by atoms with Crippen LogP contribution in [-0.2, 0) is 11.2 Å². The largest absolute Gasteiger partial charge is 0.506 e. The highest BCUT2D eigenvalue weighted by Crippen LogP contribution is 2.37. The summed E-state index contributed by atoms with van der Waals surface area (Å²) < 4.78 is 0. The molecule has 7 nitrogen and oxygen atoms in total. The fourth-order valence-electron chi connectivity index (χ4n) is 2.61. The number of aromatic nitrogens is 2. The molecule has 0 saturated heterocycles. The van der Waals surface area contributed by atoms with Gasteiger partial charge in [-0.05, 0) is 25.0 Å². The number of Topliss-reactive ketones (excluding diaryl/α,β-unsaturated/α-hetero) is 1. The van der Waals surface area contributed by atoms with Crippen LogP contribution < -0.4 is 10.6 Å². The molecule has 0 aliphatic heterocycles. The summed E-state index contributed by atoms with van der Waals surface area (Å²) in [5.74, 6) is 0.0877. The molecule has 2 heterocycles. The fraction of sp³-hybridized carbons (Fsp3) is 0.222. The maximum atomic E-state index is 12.7. The van der Waals surface area contributed by atoms with Crippen LogP contribution in [0.15, 0.2) is 36.6 Å². The van der Waals surface area contributed by atoms with Crippen molar-refractivity contribution < 1.29 is 14.7 Å². The third kappa shape index (κ3) is 3.65. The number of amides is 1. The standard InChI is InChI=1S/C18H18N4O3S/c1-3-8-19-14-7-4-11(9-20-14)15(24)12-5-6-13-17(16(12)25)26-18(22-13)21-10(2)23/h3-4,7,9,25H,1,5-6,8H2,2H3,(H,19,20)(H,21,22,23). The monoisotopic (exact) mass is 370 g/mol. The van der Waals surface area contributed by atoms with Crippen LogP contribution in [0.25, 0.3) is 5.76 Å². The Bertz CT molecular complexity index is 900. The maximum absolute atomic E-state index is 12.7. The summed E-state index contributed by atoms with van der Waals surface area (Å²) in [5, 5.41) is 16.6. The zero-order valence-electron chi connectivity index (χ0n) is 14.2. The van der Waals surface area contributed by atoms with Crippen molar-refractivity contribution in [2.45, 2.75) is 19.8 Å². The van der Waals surface area contributed by atoms with Crippen molar-refractivity contribution in [3.05, 3.63) is 52.7 Å². The molecular weight excluding hydrogens is 352 g/mol. The SMILES string of the molecule is C=CCNc1ccc(C(=O)C2=C(O)c3sc(NC(C)=O)nc3CC2)cn1. The molecular formula is C18H18N4O3S. The number of thiazole rings is 1. The average Bonchev–Trinajstić information content (AvgIpc) is 3.03. The third-order valence-electron chi connectivity index (χ3n) is 3.82. The van der Waals surface area contributed by atoms with E-state index in [1.807, 2.05) is 0 Å². The van der Waals surface area contributed by atoms with E-state index in [9.17, 15) is 14.7 Å². The van der Waals surface area contributed by atoms with Crippen molar-refractivity contribution in [1.82, 2.24) is 9.97 Å². The number of anilines is 2. The fourth-order valence-corrected chi connectivity index (χ4v) is 3.64. The van der Waals surface area contributed by atoms with E-state index in [0.717, 1.165) is 11.3 Å². The highest BCUT2D eigenvalue weighted by atomic mass is 32.1. The first-order chi connectivity index (χ1) is 12.5. The van der Waals surface area contributed by atoms with Gasteiger partial charge in [-0.2, -0.15) is 0 Å². The molecule has 134 valence electrons. The number of aliphatic hydroxyl groups is 1. The van der Waals surface area contributed by atoms with Crippen LogP contribution >= 0.6 is 11.3 Å². The minimum atomic E-state index is -0.259. The molecule has 3 rings (SSSR count). The molecule has 8 heteroatoms. The summed E-state index contributed by atoms with van der Waals surface area (Å²) in [6.07, 6.45) is 4.12. The molecule has 1 amide bonds. The number of rotatable bonds is 6. The second kappa shape index (κ2) is 7.49. The molecule has 1 aliphatic carbocycles. The molecule has 1 aliphatic rings. The molecule has 2 aromatic rings. The number of nitrogens with one attached hydrogen (secondary N) is 2. The van der Waals surface area contributed by atoms with Gasteiger partial charge in [0.1, 0.15) is 11.6 Å². The number of carbonyl (C=O) groups excluding carboxylic acids is 2. The van der Waals surface area contributed by atoms with E-state index in [-0.39, 0.29) is 17.4 Å². The maximum Gasteiger partial charge on any atom is 0.223 e. The lowest BCUT2D eigenvalue weighted by atomic mass is 9.93.